The molecule has 2 aliphatic heterocycles. The number of carboxylic acids is 1. The van der Waals surface area contributed by atoms with E-state index in [1.165, 1.54) is 5.56 Å². The summed E-state index contributed by atoms with van der Waals surface area (Å²) in [5, 5.41) is 11.2. The molecule has 1 aromatic heterocycles. The maximum absolute atomic E-state index is 10.1. The summed E-state index contributed by atoms with van der Waals surface area (Å²) in [7, 11) is 0. The monoisotopic (exact) mass is 567 g/mol. The molecule has 1 fully saturated rings. The summed E-state index contributed by atoms with van der Waals surface area (Å²) >= 11 is 0. The average molecular weight is 568 g/mol. The topological polar surface area (TPSA) is 68.7 Å². The molecule has 5 rings (SSSR count). The smallest absolute Gasteiger partial charge is 0.320 e. The van der Waals surface area contributed by atoms with Crippen molar-refractivity contribution in [2.24, 2.45) is 0 Å². The average Bonchev–Trinajstić information content (AvgIpc) is 3.55. The van der Waals surface area contributed by atoms with Crippen LogP contribution in [-0.4, -0.2) is 33.5 Å². The molecule has 2 atom stereocenters. The molecule has 34 heavy (non-hydrogen) atoms. The maximum Gasteiger partial charge on any atom is 0.320 e. The number of carboxylic acid groups (broad SMARTS) is 1. The third-order valence-electron chi connectivity index (χ3n) is 5.35. The Morgan fingerprint density at radius 3 is 2.24 bits per heavy atom. The van der Waals surface area contributed by atoms with Gasteiger partial charge in [0.25, 0.3) is 0 Å². The number of carbonyl (C=O) groups is 1. The summed E-state index contributed by atoms with van der Waals surface area (Å²) in [5.74, 6) is -0.720. The Kier molecular flexibility index (Phi) is 11.3. The Bertz CT molecular complexity index is 979. The molecule has 0 saturated carbocycles. The molecule has 2 aromatic carbocycles. The molecule has 2 aliphatic rings. The Labute approximate surface area is 220 Å². The van der Waals surface area contributed by atoms with Gasteiger partial charge in [0.1, 0.15) is 6.04 Å². The number of halogens is 1. The van der Waals surface area contributed by atoms with Crippen molar-refractivity contribution in [1.82, 2.24) is 15.2 Å². The number of hydrogen-bond acceptors (Lipinski definition) is 5. The zero-order valence-corrected chi connectivity index (χ0v) is 20.7. The Hall–Kier alpha value is -2.69. The van der Waals surface area contributed by atoms with Crippen LogP contribution in [0.4, 0.5) is 5.69 Å². The van der Waals surface area contributed by atoms with Crippen molar-refractivity contribution in [3.63, 3.8) is 0 Å². The van der Waals surface area contributed by atoms with E-state index in [2.05, 4.69) is 64.3 Å². The van der Waals surface area contributed by atoms with Crippen LogP contribution < -0.4 is 22.6 Å². The van der Waals surface area contributed by atoms with Gasteiger partial charge in [-0.1, -0.05) is 54.6 Å². The van der Waals surface area contributed by atoms with Crippen molar-refractivity contribution >= 4 is 11.7 Å². The molecule has 0 spiro atoms. The molecule has 0 bridgehead atoms. The number of para-hydroxylation sites is 1. The molecule has 0 aliphatic carbocycles. The van der Waals surface area contributed by atoms with Crippen LogP contribution in [0.2, 0.25) is 0 Å². The van der Waals surface area contributed by atoms with E-state index in [0.717, 1.165) is 30.8 Å². The first-order valence-electron chi connectivity index (χ1n) is 10.7. The number of nitrogens with zero attached hydrogens (tertiary/aromatic N) is 3. The zero-order valence-electron chi connectivity index (χ0n) is 18.4. The van der Waals surface area contributed by atoms with E-state index in [9.17, 15) is 4.79 Å². The molecular weight excluding hydrogens is 542 g/mol. The standard InChI is InChI=1S/C21H17N3.C5H9NO2.ClH.Pd/c1-3-9-18(10-4-1)21(20-13-7-8-14-22-20)24-16-15-23(17-24)19-11-5-2-6-12-19;7-5(8)4-2-1-3-6-4;;/h1-16,21H;4,6H,1-3H2,(H,7,8);1H;/p-1/t21-;4-;;/m10../s1. The minimum atomic E-state index is -0.720. The molecule has 0 unspecified atom stereocenters. The van der Waals surface area contributed by atoms with Crippen molar-refractivity contribution in [3.05, 3.63) is 115 Å². The largest absolute Gasteiger partial charge is 1.00 e. The van der Waals surface area contributed by atoms with Crippen molar-refractivity contribution in [1.29, 1.82) is 0 Å². The van der Waals surface area contributed by atoms with Gasteiger partial charge in [-0.2, -0.15) is 0 Å². The van der Waals surface area contributed by atoms with Crippen LogP contribution in [0, 0.1) is 6.67 Å². The minimum absolute atomic E-state index is 0. The molecule has 2 radical (unpaired) electrons. The quantitative estimate of drug-likeness (QED) is 0.453. The Balaban J connectivity index is 0.000000351. The van der Waals surface area contributed by atoms with Crippen molar-refractivity contribution < 1.29 is 42.7 Å². The van der Waals surface area contributed by atoms with Gasteiger partial charge >= 0.3 is 5.97 Å². The van der Waals surface area contributed by atoms with Crippen LogP contribution in [0.15, 0.2) is 97.5 Å². The number of aliphatic carboxylic acids is 1. The number of hydrogen-bond donors (Lipinski definition) is 2. The molecular formula is C26H26ClN4O2Pd-. The van der Waals surface area contributed by atoms with Gasteiger partial charge in [0.2, 0.25) is 6.67 Å². The predicted molar refractivity (Wildman–Crippen MR) is 124 cm³/mol. The maximum atomic E-state index is 10.1. The summed E-state index contributed by atoms with van der Waals surface area (Å²) in [5.41, 5.74) is 3.27. The van der Waals surface area contributed by atoms with E-state index >= 15 is 0 Å². The van der Waals surface area contributed by atoms with Gasteiger partial charge < -0.3 is 32.6 Å². The molecule has 3 aromatic rings. The summed E-state index contributed by atoms with van der Waals surface area (Å²) in [6.45, 7) is 4.28. The fourth-order valence-electron chi connectivity index (χ4n) is 3.75. The van der Waals surface area contributed by atoms with Gasteiger partial charge in [-0.3, -0.25) is 9.78 Å². The van der Waals surface area contributed by atoms with Crippen molar-refractivity contribution in [3.8, 4) is 0 Å². The number of anilines is 1. The summed E-state index contributed by atoms with van der Waals surface area (Å²) in [6, 6.07) is 26.3. The van der Waals surface area contributed by atoms with E-state index in [4.69, 9.17) is 5.11 Å². The van der Waals surface area contributed by atoms with Crippen LogP contribution in [0.25, 0.3) is 0 Å². The van der Waals surface area contributed by atoms with Crippen LogP contribution in [0.5, 0.6) is 0 Å². The number of aromatic nitrogens is 1. The molecule has 3 heterocycles. The first kappa shape index (κ1) is 27.6. The van der Waals surface area contributed by atoms with Gasteiger partial charge in [0, 0.05) is 44.7 Å². The zero-order chi connectivity index (χ0) is 22.2. The number of rotatable bonds is 5. The van der Waals surface area contributed by atoms with Gasteiger partial charge in [-0.25, -0.2) is 0 Å². The van der Waals surface area contributed by atoms with E-state index in [-0.39, 0.29) is 44.9 Å². The second kappa shape index (κ2) is 13.9. The summed E-state index contributed by atoms with van der Waals surface area (Å²) in [6.07, 6.45) is 7.68. The van der Waals surface area contributed by atoms with Crippen LogP contribution >= 0.6 is 0 Å². The predicted octanol–water partition coefficient (Wildman–Crippen LogP) is 1.29. The third kappa shape index (κ3) is 7.15. The normalized spacial score (nSPS) is 17.1. The fraction of sp³-hybridized carbons (Fsp3) is 0.192. The Morgan fingerprint density at radius 2 is 1.68 bits per heavy atom. The third-order valence-corrected chi connectivity index (χ3v) is 5.35. The van der Waals surface area contributed by atoms with E-state index in [0.29, 0.717) is 0 Å². The van der Waals surface area contributed by atoms with Gasteiger partial charge in [-0.05, 0) is 49.2 Å². The van der Waals surface area contributed by atoms with Crippen molar-refractivity contribution in [2.75, 3.05) is 11.4 Å². The van der Waals surface area contributed by atoms with Crippen LogP contribution in [-0.2, 0) is 25.2 Å². The molecule has 180 valence electrons. The summed E-state index contributed by atoms with van der Waals surface area (Å²) in [4.78, 5) is 18.8. The second-order valence-corrected chi connectivity index (χ2v) is 7.57. The number of nitrogens with one attached hydrogen (secondary N) is 1. The molecule has 0 amide bonds. The molecule has 6 nitrogen and oxygen atoms in total. The number of pyridine rings is 1. The van der Waals surface area contributed by atoms with Gasteiger partial charge in [0.15, 0.2) is 0 Å². The van der Waals surface area contributed by atoms with E-state index < -0.39 is 5.97 Å². The second-order valence-electron chi connectivity index (χ2n) is 7.57. The van der Waals surface area contributed by atoms with E-state index in [1.54, 1.807) is 0 Å². The van der Waals surface area contributed by atoms with Crippen molar-refractivity contribution in [2.45, 2.75) is 24.9 Å². The first-order chi connectivity index (χ1) is 15.7. The summed E-state index contributed by atoms with van der Waals surface area (Å²) < 4.78 is 0. The minimum Gasteiger partial charge on any atom is -1.00 e. The van der Waals surface area contributed by atoms with Crippen LogP contribution in [0.1, 0.15) is 30.1 Å². The van der Waals surface area contributed by atoms with Gasteiger partial charge in [-0.15, -0.1) is 0 Å². The van der Waals surface area contributed by atoms with Crippen LogP contribution in [0.3, 0.4) is 0 Å². The Morgan fingerprint density at radius 1 is 1.00 bits per heavy atom. The molecule has 8 heteroatoms. The molecule has 2 N–H and O–H groups in total. The SMILES string of the molecule is O=C(O)[C@@H]1CCCN1.[C]1N(c2ccccc2)C=CN1[C@H](c1ccccc1)c1ccccn1.[Cl-].[Pd]. The molecule has 1 saturated heterocycles. The first-order valence-corrected chi connectivity index (χ1v) is 10.7. The fourth-order valence-corrected chi connectivity index (χ4v) is 3.75. The van der Waals surface area contributed by atoms with Gasteiger partial charge in [0.05, 0.1) is 11.7 Å². The number of benzene rings is 2. The van der Waals surface area contributed by atoms with E-state index in [1.807, 2.05) is 59.9 Å².